The number of carbonyl (C=O) groups excluding carboxylic acids is 2. The highest BCUT2D eigenvalue weighted by molar-refractivity contribution is 6.12. The van der Waals surface area contributed by atoms with Gasteiger partial charge >= 0.3 is 6.18 Å². The Labute approximate surface area is 195 Å². The Morgan fingerprint density at radius 1 is 1.24 bits per heavy atom. The summed E-state index contributed by atoms with van der Waals surface area (Å²) in [5.74, 6) is -1.21. The molecule has 0 aliphatic carbocycles. The summed E-state index contributed by atoms with van der Waals surface area (Å²) < 4.78 is 46.2. The summed E-state index contributed by atoms with van der Waals surface area (Å²) >= 11 is 0. The van der Waals surface area contributed by atoms with Gasteiger partial charge in [-0.05, 0) is 24.1 Å². The lowest BCUT2D eigenvalue weighted by Crippen LogP contribution is -2.41. The Morgan fingerprint density at radius 2 is 1.97 bits per heavy atom. The number of benzene rings is 1. The summed E-state index contributed by atoms with van der Waals surface area (Å²) in [6.07, 6.45) is -4.07. The number of ether oxygens (including phenoxy) is 1. The highest BCUT2D eigenvalue weighted by Crippen LogP contribution is 2.35. The van der Waals surface area contributed by atoms with Crippen molar-refractivity contribution in [1.82, 2.24) is 15.2 Å². The van der Waals surface area contributed by atoms with Gasteiger partial charge in [0.05, 0.1) is 31.0 Å². The van der Waals surface area contributed by atoms with E-state index in [0.717, 1.165) is 0 Å². The average Bonchev–Trinajstić information content (AvgIpc) is 2.76. The first-order chi connectivity index (χ1) is 16.1. The summed E-state index contributed by atoms with van der Waals surface area (Å²) in [5, 5.41) is 8.99. The fourth-order valence-electron chi connectivity index (χ4n) is 4.31. The molecule has 4 rings (SSSR count). The molecule has 11 heteroatoms. The zero-order valence-corrected chi connectivity index (χ0v) is 19.1. The quantitative estimate of drug-likeness (QED) is 0.590. The van der Waals surface area contributed by atoms with Crippen LogP contribution in [0.5, 0.6) is 0 Å². The molecular formula is C23H28F3N5O3. The van der Waals surface area contributed by atoms with Crippen LogP contribution >= 0.6 is 0 Å². The maximum absolute atomic E-state index is 13.6. The molecule has 1 aromatic carbocycles. The second-order valence-corrected chi connectivity index (χ2v) is 8.89. The van der Waals surface area contributed by atoms with Crippen LogP contribution in [0.3, 0.4) is 0 Å². The molecule has 3 heterocycles. The van der Waals surface area contributed by atoms with Crippen LogP contribution in [0.15, 0.2) is 18.2 Å². The summed E-state index contributed by atoms with van der Waals surface area (Å²) in [5.41, 5.74) is 1.21. The molecule has 1 atom stereocenters. The zero-order chi connectivity index (χ0) is 24.5. The van der Waals surface area contributed by atoms with E-state index in [4.69, 9.17) is 4.74 Å². The summed E-state index contributed by atoms with van der Waals surface area (Å²) in [6, 6.07) is 3.02. The van der Waals surface area contributed by atoms with E-state index in [0.29, 0.717) is 67.0 Å². The highest BCUT2D eigenvalue weighted by Gasteiger charge is 2.42. The minimum absolute atomic E-state index is 0.0747. The summed E-state index contributed by atoms with van der Waals surface area (Å²) in [7, 11) is 0. The largest absolute Gasteiger partial charge is 0.408 e. The van der Waals surface area contributed by atoms with Gasteiger partial charge < -0.3 is 20.7 Å². The molecule has 0 spiro atoms. The van der Waals surface area contributed by atoms with Gasteiger partial charge in [0.15, 0.2) is 0 Å². The number of rotatable bonds is 6. The number of nitrogens with zero attached hydrogens (tertiary/aromatic N) is 2. The number of carbonyl (C=O) groups is 2. The Bertz CT molecular complexity index is 1080. The fraction of sp³-hybridized carbons (Fsp3) is 0.522. The van der Waals surface area contributed by atoms with E-state index in [9.17, 15) is 22.8 Å². The van der Waals surface area contributed by atoms with Crippen molar-refractivity contribution >= 4 is 34.1 Å². The molecule has 34 heavy (non-hydrogen) atoms. The van der Waals surface area contributed by atoms with Crippen molar-refractivity contribution < 1.29 is 27.5 Å². The normalized spacial score (nSPS) is 17.9. The predicted molar refractivity (Wildman–Crippen MR) is 122 cm³/mol. The van der Waals surface area contributed by atoms with E-state index in [1.165, 1.54) is 13.8 Å². The average molecular weight is 480 g/mol. The third kappa shape index (κ3) is 5.25. The number of pyridine rings is 1. The van der Waals surface area contributed by atoms with E-state index in [1.807, 2.05) is 4.90 Å². The Balaban J connectivity index is 1.69. The molecule has 0 unspecified atom stereocenters. The van der Waals surface area contributed by atoms with Gasteiger partial charge in [-0.3, -0.25) is 14.5 Å². The van der Waals surface area contributed by atoms with Gasteiger partial charge in [-0.25, -0.2) is 4.98 Å². The third-order valence-electron chi connectivity index (χ3n) is 6.02. The van der Waals surface area contributed by atoms with Crippen molar-refractivity contribution in [2.24, 2.45) is 5.92 Å². The second kappa shape index (κ2) is 9.75. The second-order valence-electron chi connectivity index (χ2n) is 8.89. The number of amides is 2. The van der Waals surface area contributed by atoms with Crippen LogP contribution in [0, 0.1) is 5.92 Å². The van der Waals surface area contributed by atoms with Crippen LogP contribution in [0.2, 0.25) is 0 Å². The molecule has 2 aromatic rings. The van der Waals surface area contributed by atoms with Crippen LogP contribution in [-0.4, -0.2) is 73.3 Å². The smallest absolute Gasteiger partial charge is 0.379 e. The molecule has 0 radical (unpaired) electrons. The molecule has 8 nitrogen and oxygen atoms in total. The van der Waals surface area contributed by atoms with Crippen molar-refractivity contribution in [2.45, 2.75) is 32.5 Å². The third-order valence-corrected chi connectivity index (χ3v) is 6.02. The van der Waals surface area contributed by atoms with Gasteiger partial charge in [0.25, 0.3) is 5.91 Å². The number of aromatic nitrogens is 1. The molecule has 2 aliphatic heterocycles. The van der Waals surface area contributed by atoms with Crippen molar-refractivity contribution in [3.8, 4) is 0 Å². The topological polar surface area (TPSA) is 95.6 Å². The summed E-state index contributed by atoms with van der Waals surface area (Å²) in [6.45, 7) is 6.00. The monoisotopic (exact) mass is 479 g/mol. The van der Waals surface area contributed by atoms with Crippen LogP contribution in [0.1, 0.15) is 29.9 Å². The van der Waals surface area contributed by atoms with Crippen molar-refractivity contribution in [3.63, 3.8) is 0 Å². The molecule has 3 N–H and O–H groups in total. The minimum atomic E-state index is -4.47. The van der Waals surface area contributed by atoms with Crippen molar-refractivity contribution in [1.29, 1.82) is 0 Å². The number of anilines is 2. The number of fused-ring (bicyclic) bond motifs is 3. The molecule has 1 saturated heterocycles. The number of hydrogen-bond acceptors (Lipinski definition) is 6. The SMILES string of the molecule is CC(C)[C@@H](Nc1nc2c(c3cc(NC(=O)CN4CCOCC4)ccc13)C(=O)NCC2)C(F)(F)F. The predicted octanol–water partition coefficient (Wildman–Crippen LogP) is 2.79. The molecule has 2 aliphatic rings. The molecule has 1 fully saturated rings. The lowest BCUT2D eigenvalue weighted by atomic mass is 9.97. The molecule has 184 valence electrons. The zero-order valence-electron chi connectivity index (χ0n) is 19.1. The van der Waals surface area contributed by atoms with E-state index < -0.39 is 18.1 Å². The standard InChI is InChI=1S/C23H28F3N5O3/c1-13(2)20(23(24,25)26)30-21-15-4-3-14(28-18(32)12-31-7-9-34-10-8-31)11-16(15)19-17(29-21)5-6-27-22(19)33/h3-4,11,13,20H,5-10,12H2,1-2H3,(H,27,33)(H,28,32)(H,29,30)/t20-/m1/s1. The Morgan fingerprint density at radius 3 is 2.65 bits per heavy atom. The summed E-state index contributed by atoms with van der Waals surface area (Å²) in [4.78, 5) is 31.6. The Hall–Kier alpha value is -2.92. The first-order valence-electron chi connectivity index (χ1n) is 11.3. The fourth-order valence-corrected chi connectivity index (χ4v) is 4.31. The lowest BCUT2D eigenvalue weighted by molar-refractivity contribution is -0.150. The first-order valence-corrected chi connectivity index (χ1v) is 11.3. The molecule has 2 amide bonds. The van der Waals surface area contributed by atoms with Gasteiger partial charge in [0.2, 0.25) is 5.91 Å². The van der Waals surface area contributed by atoms with E-state index in [2.05, 4.69) is 20.9 Å². The van der Waals surface area contributed by atoms with Crippen molar-refractivity contribution in [3.05, 3.63) is 29.5 Å². The van der Waals surface area contributed by atoms with Crippen LogP contribution in [0.4, 0.5) is 24.7 Å². The number of alkyl halides is 3. The van der Waals surface area contributed by atoms with Crippen LogP contribution < -0.4 is 16.0 Å². The Kier molecular flexibility index (Phi) is 6.94. The van der Waals surface area contributed by atoms with Crippen LogP contribution in [-0.2, 0) is 16.0 Å². The van der Waals surface area contributed by atoms with Gasteiger partial charge in [0.1, 0.15) is 11.9 Å². The van der Waals surface area contributed by atoms with Gasteiger partial charge in [0, 0.05) is 42.5 Å². The molecule has 0 saturated carbocycles. The van der Waals surface area contributed by atoms with Crippen LogP contribution in [0.25, 0.3) is 10.8 Å². The highest BCUT2D eigenvalue weighted by atomic mass is 19.4. The number of morpholine rings is 1. The molecule has 0 bridgehead atoms. The van der Waals surface area contributed by atoms with Gasteiger partial charge in [-0.15, -0.1) is 0 Å². The number of hydrogen-bond donors (Lipinski definition) is 3. The lowest BCUT2D eigenvalue weighted by Gasteiger charge is -2.27. The number of halogens is 3. The maximum Gasteiger partial charge on any atom is 0.408 e. The van der Waals surface area contributed by atoms with E-state index >= 15 is 0 Å². The first kappa shape index (κ1) is 24.2. The van der Waals surface area contributed by atoms with Gasteiger partial charge in [-0.2, -0.15) is 13.2 Å². The van der Waals surface area contributed by atoms with E-state index in [-0.39, 0.29) is 24.2 Å². The number of nitrogens with one attached hydrogen (secondary N) is 3. The van der Waals surface area contributed by atoms with Gasteiger partial charge in [-0.1, -0.05) is 13.8 Å². The molecular weight excluding hydrogens is 451 g/mol. The van der Waals surface area contributed by atoms with Crippen molar-refractivity contribution in [2.75, 3.05) is 50.0 Å². The minimum Gasteiger partial charge on any atom is -0.379 e. The molecule has 1 aromatic heterocycles. The maximum atomic E-state index is 13.6. The van der Waals surface area contributed by atoms with E-state index in [1.54, 1.807) is 18.2 Å².